The Balaban J connectivity index is 3.14. The highest BCUT2D eigenvalue weighted by Crippen LogP contribution is 1.86. The lowest BCUT2D eigenvalue weighted by Gasteiger charge is -1.72. The lowest BCUT2D eigenvalue weighted by atomic mass is 10.7. The van der Waals surface area contributed by atoms with Crippen LogP contribution in [-0.2, 0) is 7.05 Å². The zero-order valence-electron chi connectivity index (χ0n) is 5.30. The second kappa shape index (κ2) is 1.58. The van der Waals surface area contributed by atoms with Gasteiger partial charge in [-0.15, -0.1) is 0 Å². The molecule has 0 saturated heterocycles. The number of aryl methyl sites for hydroxylation is 3. The molecule has 0 aliphatic heterocycles. The number of rotatable bonds is 0. The fourth-order valence-electron chi connectivity index (χ4n) is 0.583. The molecule has 0 N–H and O–H groups in total. The van der Waals surface area contributed by atoms with Crippen LogP contribution in [0.3, 0.4) is 0 Å². The van der Waals surface area contributed by atoms with Crippen LogP contribution in [0.1, 0.15) is 11.7 Å². The van der Waals surface area contributed by atoms with Gasteiger partial charge in [-0.05, 0) is 4.98 Å². The van der Waals surface area contributed by atoms with Gasteiger partial charge in [0, 0.05) is 13.8 Å². The van der Waals surface area contributed by atoms with Gasteiger partial charge < -0.3 is 0 Å². The van der Waals surface area contributed by atoms with Gasteiger partial charge in [0.15, 0.2) is 0 Å². The Labute approximate surface area is 47.9 Å². The minimum absolute atomic E-state index is 0.713. The molecule has 1 aromatic rings. The summed E-state index contributed by atoms with van der Waals surface area (Å²) in [6.45, 7) is 3.73. The quantitative estimate of drug-likeness (QED) is 0.447. The number of aromatic nitrogens is 2. The van der Waals surface area contributed by atoms with Gasteiger partial charge in [-0.3, -0.25) is 4.52 Å². The van der Waals surface area contributed by atoms with Crippen molar-refractivity contribution in [3.8, 4) is 0 Å². The first-order valence-corrected chi connectivity index (χ1v) is 2.50. The Morgan fingerprint density at radius 2 is 2.12 bits per heavy atom. The van der Waals surface area contributed by atoms with Crippen molar-refractivity contribution in [3.63, 3.8) is 0 Å². The highest BCUT2D eigenvalue weighted by molar-refractivity contribution is 4.71. The van der Waals surface area contributed by atoms with E-state index < -0.39 is 0 Å². The maximum absolute atomic E-state index is 5.02. The molecule has 8 heavy (non-hydrogen) atoms. The largest absolute Gasteiger partial charge is 0.350 e. The van der Waals surface area contributed by atoms with Crippen LogP contribution in [-0.4, -0.2) is 4.98 Å². The van der Waals surface area contributed by atoms with Crippen molar-refractivity contribution >= 4 is 0 Å². The van der Waals surface area contributed by atoms with Crippen molar-refractivity contribution in [1.82, 2.24) is 4.98 Å². The number of nitrogens with zero attached hydrogens (tertiary/aromatic N) is 2. The second-order valence-corrected chi connectivity index (χ2v) is 1.77. The van der Waals surface area contributed by atoms with Gasteiger partial charge in [0.1, 0.15) is 7.05 Å². The lowest BCUT2D eigenvalue weighted by molar-refractivity contribution is -0.850. The standard InChI is InChI=1S/C5H9N2O/c1-4-6-5(2)8-7(4)3/h1-3H3/q+1. The molecule has 0 bridgehead atoms. The Morgan fingerprint density at radius 1 is 1.50 bits per heavy atom. The van der Waals surface area contributed by atoms with Gasteiger partial charge in [0.2, 0.25) is 0 Å². The summed E-state index contributed by atoms with van der Waals surface area (Å²) < 4.78 is 6.65. The zero-order valence-corrected chi connectivity index (χ0v) is 5.30. The van der Waals surface area contributed by atoms with Gasteiger partial charge >= 0.3 is 11.7 Å². The van der Waals surface area contributed by atoms with Crippen LogP contribution in [0.4, 0.5) is 0 Å². The maximum atomic E-state index is 5.02. The van der Waals surface area contributed by atoms with Crippen molar-refractivity contribution in [2.24, 2.45) is 7.05 Å². The van der Waals surface area contributed by atoms with E-state index in [2.05, 4.69) is 4.98 Å². The summed E-state index contributed by atoms with van der Waals surface area (Å²) >= 11 is 0. The lowest BCUT2D eigenvalue weighted by Crippen LogP contribution is -2.27. The minimum atomic E-state index is 0.713. The zero-order chi connectivity index (χ0) is 6.15. The Kier molecular flexibility index (Phi) is 1.04. The van der Waals surface area contributed by atoms with Crippen molar-refractivity contribution in [1.29, 1.82) is 0 Å². The molecule has 0 aliphatic carbocycles. The van der Waals surface area contributed by atoms with E-state index in [9.17, 15) is 0 Å². The van der Waals surface area contributed by atoms with E-state index in [0.29, 0.717) is 5.89 Å². The van der Waals surface area contributed by atoms with Crippen LogP contribution in [0.5, 0.6) is 0 Å². The van der Waals surface area contributed by atoms with Gasteiger partial charge in [-0.2, -0.15) is 0 Å². The Morgan fingerprint density at radius 3 is 2.25 bits per heavy atom. The van der Waals surface area contributed by atoms with E-state index in [0.717, 1.165) is 5.82 Å². The molecular weight excluding hydrogens is 104 g/mol. The third kappa shape index (κ3) is 0.710. The molecule has 1 heterocycles. The van der Waals surface area contributed by atoms with E-state index in [4.69, 9.17) is 4.52 Å². The highest BCUT2D eigenvalue weighted by Gasteiger charge is 2.08. The fraction of sp³-hybridized carbons (Fsp3) is 0.600. The van der Waals surface area contributed by atoms with Gasteiger partial charge in [0.05, 0.1) is 0 Å². The average Bonchev–Trinajstić information content (AvgIpc) is 1.85. The molecular formula is C5H9N2O+. The summed E-state index contributed by atoms with van der Waals surface area (Å²) in [5.41, 5.74) is 0. The first-order valence-electron chi connectivity index (χ1n) is 2.50. The molecule has 0 unspecified atom stereocenters. The van der Waals surface area contributed by atoms with Crippen molar-refractivity contribution in [2.75, 3.05) is 0 Å². The molecule has 0 fully saturated rings. The van der Waals surface area contributed by atoms with Crippen LogP contribution >= 0.6 is 0 Å². The van der Waals surface area contributed by atoms with Gasteiger partial charge in [-0.1, -0.05) is 4.74 Å². The molecule has 3 nitrogen and oxygen atoms in total. The molecule has 44 valence electrons. The summed E-state index contributed by atoms with van der Waals surface area (Å²) in [6.07, 6.45) is 0. The second-order valence-electron chi connectivity index (χ2n) is 1.77. The summed E-state index contributed by atoms with van der Waals surface area (Å²) in [5.74, 6) is 1.62. The topological polar surface area (TPSA) is 29.9 Å². The molecule has 3 heteroatoms. The van der Waals surface area contributed by atoms with Crippen LogP contribution in [0, 0.1) is 13.8 Å². The van der Waals surface area contributed by atoms with Gasteiger partial charge in [0.25, 0.3) is 0 Å². The first-order chi connectivity index (χ1) is 3.70. The third-order valence-electron chi connectivity index (χ3n) is 1.04. The van der Waals surface area contributed by atoms with Crippen LogP contribution in [0.25, 0.3) is 0 Å². The molecule has 1 aromatic heterocycles. The molecule has 0 aliphatic rings. The predicted molar refractivity (Wildman–Crippen MR) is 27.2 cm³/mol. The SMILES string of the molecule is Cc1nc(C)[n+](C)o1. The fourth-order valence-corrected chi connectivity index (χ4v) is 0.583. The van der Waals surface area contributed by atoms with Crippen LogP contribution in [0.15, 0.2) is 4.52 Å². The summed E-state index contributed by atoms with van der Waals surface area (Å²) in [5, 5.41) is 0. The smallest absolute Gasteiger partial charge is 0.259 e. The molecule has 0 amide bonds. The van der Waals surface area contributed by atoms with E-state index >= 15 is 0 Å². The molecule has 0 atom stereocenters. The molecule has 0 spiro atoms. The third-order valence-corrected chi connectivity index (χ3v) is 1.04. The minimum Gasteiger partial charge on any atom is -0.259 e. The van der Waals surface area contributed by atoms with Crippen LogP contribution < -0.4 is 4.74 Å². The first kappa shape index (κ1) is 5.28. The van der Waals surface area contributed by atoms with E-state index in [1.54, 1.807) is 4.74 Å². The van der Waals surface area contributed by atoms with Crippen LogP contribution in [0.2, 0.25) is 0 Å². The van der Waals surface area contributed by atoms with Crippen molar-refractivity contribution in [2.45, 2.75) is 13.8 Å². The Hall–Kier alpha value is -0.860. The Bertz CT molecular complexity index is 173. The summed E-state index contributed by atoms with van der Waals surface area (Å²) in [4.78, 5) is 4.01. The summed E-state index contributed by atoms with van der Waals surface area (Å²) in [6, 6.07) is 0. The van der Waals surface area contributed by atoms with Gasteiger partial charge in [-0.25, -0.2) is 0 Å². The molecule has 0 saturated carbocycles. The number of hydrogen-bond acceptors (Lipinski definition) is 2. The number of hydrogen-bond donors (Lipinski definition) is 0. The highest BCUT2D eigenvalue weighted by atomic mass is 16.5. The normalized spacial score (nSPS) is 9.88. The average molecular weight is 113 g/mol. The molecule has 1 rings (SSSR count). The van der Waals surface area contributed by atoms with E-state index in [1.165, 1.54) is 0 Å². The van der Waals surface area contributed by atoms with Crippen molar-refractivity contribution in [3.05, 3.63) is 11.7 Å². The van der Waals surface area contributed by atoms with E-state index in [1.807, 2.05) is 20.9 Å². The van der Waals surface area contributed by atoms with E-state index in [-0.39, 0.29) is 0 Å². The summed E-state index contributed by atoms with van der Waals surface area (Å²) in [7, 11) is 1.83. The monoisotopic (exact) mass is 113 g/mol. The molecule has 0 aromatic carbocycles. The maximum Gasteiger partial charge on any atom is 0.350 e. The van der Waals surface area contributed by atoms with Crippen molar-refractivity contribution < 1.29 is 9.26 Å². The predicted octanol–water partition coefficient (Wildman–Crippen LogP) is 0.116. The molecule has 0 radical (unpaired) electrons.